The van der Waals surface area contributed by atoms with Crippen LogP contribution in [0.25, 0.3) is 0 Å². The van der Waals surface area contributed by atoms with Gasteiger partial charge in [-0.1, -0.05) is 35.9 Å². The molecule has 5 nitrogen and oxygen atoms in total. The molecule has 0 saturated carbocycles. The Hall–Kier alpha value is -2.66. The predicted molar refractivity (Wildman–Crippen MR) is 106 cm³/mol. The van der Waals surface area contributed by atoms with Crippen LogP contribution in [0.2, 0.25) is 0 Å². The summed E-state index contributed by atoms with van der Waals surface area (Å²) in [5.41, 5.74) is 4.23. The highest BCUT2D eigenvalue weighted by Crippen LogP contribution is 2.17. The summed E-state index contributed by atoms with van der Waals surface area (Å²) in [6, 6.07) is 13.1. The Labute approximate surface area is 160 Å². The molecular weight excluding hydrogens is 340 g/mol. The zero-order chi connectivity index (χ0) is 19.2. The maximum absolute atomic E-state index is 12.5. The summed E-state index contributed by atoms with van der Waals surface area (Å²) in [6.45, 7) is 5.28. The zero-order valence-electron chi connectivity index (χ0n) is 15.9. The van der Waals surface area contributed by atoms with E-state index in [1.54, 1.807) is 18.2 Å². The minimum atomic E-state index is -0.201. The molecule has 1 saturated heterocycles. The van der Waals surface area contributed by atoms with Crippen molar-refractivity contribution in [2.24, 2.45) is 0 Å². The molecule has 0 bridgehead atoms. The molecule has 0 aromatic heterocycles. The molecule has 142 valence electrons. The summed E-state index contributed by atoms with van der Waals surface area (Å²) in [5, 5.41) is 5.78. The van der Waals surface area contributed by atoms with Crippen LogP contribution in [-0.2, 0) is 16.0 Å². The van der Waals surface area contributed by atoms with Crippen molar-refractivity contribution in [3.63, 3.8) is 0 Å². The number of aryl methyl sites for hydroxylation is 2. The van der Waals surface area contributed by atoms with Crippen molar-refractivity contribution in [3.05, 3.63) is 64.7 Å². The third-order valence-electron chi connectivity index (χ3n) is 4.81. The molecule has 3 rings (SSSR count). The van der Waals surface area contributed by atoms with Gasteiger partial charge in [0.25, 0.3) is 5.91 Å². The lowest BCUT2D eigenvalue weighted by Crippen LogP contribution is -2.32. The number of carbonyl (C=O) groups is 2. The topological polar surface area (TPSA) is 67.4 Å². The molecular formula is C22H26N2O3. The third-order valence-corrected chi connectivity index (χ3v) is 4.81. The number of para-hydroxylation sites is 1. The van der Waals surface area contributed by atoms with Gasteiger partial charge >= 0.3 is 0 Å². The van der Waals surface area contributed by atoms with Crippen LogP contribution in [0, 0.1) is 13.8 Å². The van der Waals surface area contributed by atoms with E-state index in [9.17, 15) is 9.59 Å². The largest absolute Gasteiger partial charge is 0.376 e. The average molecular weight is 366 g/mol. The minimum absolute atomic E-state index is 0.0835. The van der Waals surface area contributed by atoms with Gasteiger partial charge in [0, 0.05) is 13.2 Å². The number of hydrogen-bond acceptors (Lipinski definition) is 3. The minimum Gasteiger partial charge on any atom is -0.376 e. The van der Waals surface area contributed by atoms with Gasteiger partial charge in [0.2, 0.25) is 5.91 Å². The van der Waals surface area contributed by atoms with Gasteiger partial charge in [-0.3, -0.25) is 9.59 Å². The maximum atomic E-state index is 12.5. The number of benzene rings is 2. The molecule has 1 atom stereocenters. The van der Waals surface area contributed by atoms with E-state index < -0.39 is 0 Å². The number of nitrogens with one attached hydrogen (secondary N) is 2. The fourth-order valence-electron chi connectivity index (χ4n) is 3.31. The van der Waals surface area contributed by atoms with Crippen LogP contribution in [0.4, 0.5) is 5.69 Å². The van der Waals surface area contributed by atoms with Gasteiger partial charge in [-0.15, -0.1) is 0 Å². The van der Waals surface area contributed by atoms with Crippen LogP contribution in [0.3, 0.4) is 0 Å². The molecule has 27 heavy (non-hydrogen) atoms. The second-order valence-corrected chi connectivity index (χ2v) is 7.05. The molecule has 1 fully saturated rings. The lowest BCUT2D eigenvalue weighted by Gasteiger charge is -2.14. The molecule has 2 N–H and O–H groups in total. The van der Waals surface area contributed by atoms with Crippen LogP contribution in [0.15, 0.2) is 42.5 Å². The Balaban J connectivity index is 1.64. The van der Waals surface area contributed by atoms with Gasteiger partial charge in [-0.2, -0.15) is 0 Å². The molecule has 0 aliphatic carbocycles. The first-order chi connectivity index (χ1) is 13.0. The van der Waals surface area contributed by atoms with Crippen molar-refractivity contribution in [3.8, 4) is 0 Å². The third kappa shape index (κ3) is 5.17. The summed E-state index contributed by atoms with van der Waals surface area (Å²) < 4.78 is 5.54. The van der Waals surface area contributed by atoms with Crippen molar-refractivity contribution in [1.82, 2.24) is 5.32 Å². The smallest absolute Gasteiger partial charge is 0.253 e. The molecule has 1 heterocycles. The van der Waals surface area contributed by atoms with Crippen LogP contribution < -0.4 is 10.6 Å². The maximum Gasteiger partial charge on any atom is 0.253 e. The molecule has 2 amide bonds. The van der Waals surface area contributed by atoms with Crippen LogP contribution in [-0.4, -0.2) is 31.1 Å². The first-order valence-electron chi connectivity index (χ1n) is 9.38. The highest BCUT2D eigenvalue weighted by atomic mass is 16.5. The molecule has 0 unspecified atom stereocenters. The standard InChI is InChI=1S/C22H26N2O3/c1-15-9-10-17(16(2)12-15)13-21(25)24-20-8-4-3-7-19(20)22(26)23-14-18-6-5-11-27-18/h3-4,7-10,12,18H,5-6,11,13-14H2,1-2H3,(H,23,26)(H,24,25)/t18-/m1/s1. The van der Waals surface area contributed by atoms with Gasteiger partial charge in [-0.05, 0) is 49.9 Å². The highest BCUT2D eigenvalue weighted by molar-refractivity contribution is 6.04. The molecule has 1 aliphatic heterocycles. The Morgan fingerprint density at radius 2 is 1.96 bits per heavy atom. The van der Waals surface area contributed by atoms with Crippen molar-refractivity contribution in [2.75, 3.05) is 18.5 Å². The predicted octanol–water partition coefficient (Wildman–Crippen LogP) is 3.39. The molecule has 0 radical (unpaired) electrons. The number of rotatable bonds is 6. The zero-order valence-corrected chi connectivity index (χ0v) is 15.9. The summed E-state index contributed by atoms with van der Waals surface area (Å²) in [7, 11) is 0. The second-order valence-electron chi connectivity index (χ2n) is 7.05. The summed E-state index contributed by atoms with van der Waals surface area (Å²) in [4.78, 5) is 25.0. The van der Waals surface area contributed by atoms with E-state index in [0.29, 0.717) is 17.8 Å². The van der Waals surface area contributed by atoms with Crippen molar-refractivity contribution < 1.29 is 14.3 Å². The second kappa shape index (κ2) is 8.82. The number of hydrogen-bond donors (Lipinski definition) is 2. The van der Waals surface area contributed by atoms with Gasteiger partial charge < -0.3 is 15.4 Å². The van der Waals surface area contributed by atoms with Crippen molar-refractivity contribution in [2.45, 2.75) is 39.2 Å². The fourth-order valence-corrected chi connectivity index (χ4v) is 3.31. The van der Waals surface area contributed by atoms with E-state index in [1.807, 2.05) is 32.0 Å². The van der Waals surface area contributed by atoms with Crippen molar-refractivity contribution >= 4 is 17.5 Å². The first kappa shape index (κ1) is 19.1. The van der Waals surface area contributed by atoms with Gasteiger partial charge in [0.15, 0.2) is 0 Å². The van der Waals surface area contributed by atoms with Gasteiger partial charge in [0.05, 0.1) is 23.8 Å². The normalized spacial score (nSPS) is 16.1. The molecule has 1 aliphatic rings. The lowest BCUT2D eigenvalue weighted by atomic mass is 10.0. The fraction of sp³-hybridized carbons (Fsp3) is 0.364. The van der Waals surface area contributed by atoms with E-state index in [0.717, 1.165) is 30.6 Å². The van der Waals surface area contributed by atoms with E-state index in [4.69, 9.17) is 4.74 Å². The Morgan fingerprint density at radius 1 is 1.15 bits per heavy atom. The number of carbonyl (C=O) groups excluding carboxylic acids is 2. The van der Waals surface area contributed by atoms with Gasteiger partial charge in [-0.25, -0.2) is 0 Å². The Kier molecular flexibility index (Phi) is 6.24. The van der Waals surface area contributed by atoms with Crippen LogP contribution >= 0.6 is 0 Å². The number of anilines is 1. The van der Waals surface area contributed by atoms with Crippen LogP contribution in [0.5, 0.6) is 0 Å². The SMILES string of the molecule is Cc1ccc(CC(=O)Nc2ccccc2C(=O)NC[C@H]2CCCO2)c(C)c1. The molecule has 5 heteroatoms. The molecule has 0 spiro atoms. The average Bonchev–Trinajstić information content (AvgIpc) is 3.16. The first-order valence-corrected chi connectivity index (χ1v) is 9.38. The molecule has 2 aromatic carbocycles. The summed E-state index contributed by atoms with van der Waals surface area (Å²) in [6.07, 6.45) is 2.36. The summed E-state index contributed by atoms with van der Waals surface area (Å²) >= 11 is 0. The van der Waals surface area contributed by atoms with Crippen molar-refractivity contribution in [1.29, 1.82) is 0 Å². The van der Waals surface area contributed by atoms with E-state index in [2.05, 4.69) is 16.7 Å². The summed E-state index contributed by atoms with van der Waals surface area (Å²) in [5.74, 6) is -0.339. The highest BCUT2D eigenvalue weighted by Gasteiger charge is 2.18. The van der Waals surface area contributed by atoms with E-state index in [-0.39, 0.29) is 24.3 Å². The monoisotopic (exact) mass is 366 g/mol. The Bertz CT molecular complexity index is 826. The Morgan fingerprint density at radius 3 is 2.70 bits per heavy atom. The van der Waals surface area contributed by atoms with Gasteiger partial charge in [0.1, 0.15) is 0 Å². The number of amides is 2. The van der Waals surface area contributed by atoms with E-state index >= 15 is 0 Å². The number of ether oxygens (including phenoxy) is 1. The quantitative estimate of drug-likeness (QED) is 0.823. The van der Waals surface area contributed by atoms with E-state index in [1.165, 1.54) is 5.56 Å². The molecule has 2 aromatic rings. The lowest BCUT2D eigenvalue weighted by molar-refractivity contribution is -0.115. The van der Waals surface area contributed by atoms with Crippen LogP contribution in [0.1, 0.15) is 39.9 Å².